The van der Waals surface area contributed by atoms with Crippen molar-refractivity contribution in [2.24, 2.45) is 0 Å². The Balaban J connectivity index is 1.61. The van der Waals surface area contributed by atoms with Crippen LogP contribution in [0.1, 0.15) is 11.1 Å². The molecule has 9 nitrogen and oxygen atoms in total. The van der Waals surface area contributed by atoms with Gasteiger partial charge >= 0.3 is 6.03 Å². The van der Waals surface area contributed by atoms with Gasteiger partial charge in [-0.15, -0.1) is 0 Å². The highest BCUT2D eigenvalue weighted by molar-refractivity contribution is 9.10. The first-order valence-corrected chi connectivity index (χ1v) is 11.9. The zero-order valence-corrected chi connectivity index (χ0v) is 21.5. The number of hydrogen-bond donors (Lipinski definition) is 2. The van der Waals surface area contributed by atoms with Gasteiger partial charge in [0.05, 0.1) is 12.8 Å². The number of benzene rings is 3. The lowest BCUT2D eigenvalue weighted by Crippen LogP contribution is -2.54. The first kappa shape index (κ1) is 25.6. The van der Waals surface area contributed by atoms with Crippen molar-refractivity contribution < 1.29 is 28.7 Å². The molecule has 10 heteroatoms. The van der Waals surface area contributed by atoms with Gasteiger partial charge in [-0.05, 0) is 55.5 Å². The van der Waals surface area contributed by atoms with Gasteiger partial charge in [-0.25, -0.2) is 9.69 Å². The zero-order chi connectivity index (χ0) is 26.5. The van der Waals surface area contributed by atoms with Crippen LogP contribution in [0.25, 0.3) is 6.08 Å². The van der Waals surface area contributed by atoms with Gasteiger partial charge < -0.3 is 14.8 Å². The Bertz CT molecular complexity index is 1400. The molecule has 5 amide bonds. The van der Waals surface area contributed by atoms with Gasteiger partial charge in [-0.2, -0.15) is 0 Å². The number of urea groups is 1. The summed E-state index contributed by atoms with van der Waals surface area (Å²) in [6.45, 7) is 1.59. The molecule has 37 heavy (non-hydrogen) atoms. The van der Waals surface area contributed by atoms with Crippen LogP contribution in [0.3, 0.4) is 0 Å². The highest BCUT2D eigenvalue weighted by Crippen LogP contribution is 2.33. The molecule has 0 radical (unpaired) electrons. The molecule has 1 fully saturated rings. The summed E-state index contributed by atoms with van der Waals surface area (Å²) in [6, 6.07) is 17.8. The predicted octanol–water partition coefficient (Wildman–Crippen LogP) is 4.45. The number of halogens is 1. The van der Waals surface area contributed by atoms with Crippen LogP contribution in [0.2, 0.25) is 0 Å². The van der Waals surface area contributed by atoms with Crippen LogP contribution in [0.4, 0.5) is 16.2 Å². The largest absolute Gasteiger partial charge is 0.493 e. The van der Waals surface area contributed by atoms with Crippen LogP contribution >= 0.6 is 15.9 Å². The van der Waals surface area contributed by atoms with Crippen molar-refractivity contribution in [2.45, 2.75) is 6.92 Å². The number of nitrogens with zero attached hydrogens (tertiary/aromatic N) is 1. The molecule has 4 rings (SSSR count). The van der Waals surface area contributed by atoms with E-state index in [4.69, 9.17) is 9.47 Å². The van der Waals surface area contributed by atoms with Crippen LogP contribution < -0.4 is 25.0 Å². The van der Waals surface area contributed by atoms with Crippen molar-refractivity contribution in [1.82, 2.24) is 5.32 Å². The number of imide groups is 2. The van der Waals surface area contributed by atoms with Crippen LogP contribution in [0.5, 0.6) is 11.5 Å². The molecule has 1 aliphatic rings. The second-order valence-corrected chi connectivity index (χ2v) is 8.93. The van der Waals surface area contributed by atoms with Gasteiger partial charge in [0.15, 0.2) is 18.1 Å². The van der Waals surface area contributed by atoms with Crippen molar-refractivity contribution in [3.63, 3.8) is 0 Å². The minimum atomic E-state index is -0.857. The number of rotatable bonds is 7. The van der Waals surface area contributed by atoms with E-state index in [-0.39, 0.29) is 17.9 Å². The van der Waals surface area contributed by atoms with Crippen LogP contribution in [0.15, 0.2) is 76.8 Å². The van der Waals surface area contributed by atoms with Crippen LogP contribution in [-0.4, -0.2) is 37.5 Å². The molecule has 0 spiro atoms. The molecular weight excluding hydrogens is 542 g/mol. The third kappa shape index (κ3) is 5.87. The van der Waals surface area contributed by atoms with Gasteiger partial charge in [0.25, 0.3) is 17.7 Å². The van der Waals surface area contributed by atoms with E-state index >= 15 is 0 Å². The number of ether oxygens (including phenoxy) is 2. The van der Waals surface area contributed by atoms with Crippen molar-refractivity contribution in [3.8, 4) is 11.5 Å². The SMILES string of the molecule is COc1cccc(/C=C2\C(=O)NC(=O)N(c3ccc(Br)cc3)C2=O)c1OCC(=O)Nc1ccc(C)cc1. The Kier molecular flexibility index (Phi) is 7.69. The first-order valence-electron chi connectivity index (χ1n) is 11.1. The number of hydrogen-bond acceptors (Lipinski definition) is 6. The summed E-state index contributed by atoms with van der Waals surface area (Å²) in [7, 11) is 1.43. The van der Waals surface area contributed by atoms with Gasteiger partial charge in [0.2, 0.25) is 0 Å². The van der Waals surface area contributed by atoms with Gasteiger partial charge in [-0.1, -0.05) is 45.8 Å². The number of barbiturate groups is 1. The third-order valence-electron chi connectivity index (χ3n) is 5.40. The Morgan fingerprint density at radius 3 is 2.41 bits per heavy atom. The molecule has 0 unspecified atom stereocenters. The first-order chi connectivity index (χ1) is 17.8. The Labute approximate surface area is 221 Å². The van der Waals surface area contributed by atoms with E-state index in [1.165, 1.54) is 13.2 Å². The average Bonchev–Trinajstić information content (AvgIpc) is 2.87. The summed E-state index contributed by atoms with van der Waals surface area (Å²) in [6.07, 6.45) is 1.30. The van der Waals surface area contributed by atoms with E-state index in [9.17, 15) is 19.2 Å². The third-order valence-corrected chi connectivity index (χ3v) is 5.93. The minimum Gasteiger partial charge on any atom is -0.493 e. The Morgan fingerprint density at radius 1 is 1.03 bits per heavy atom. The second-order valence-electron chi connectivity index (χ2n) is 8.02. The molecule has 188 valence electrons. The highest BCUT2D eigenvalue weighted by Gasteiger charge is 2.37. The maximum atomic E-state index is 13.2. The zero-order valence-electron chi connectivity index (χ0n) is 19.9. The van der Waals surface area contributed by atoms with Gasteiger partial charge in [-0.3, -0.25) is 19.7 Å². The number of aryl methyl sites for hydroxylation is 1. The topological polar surface area (TPSA) is 114 Å². The molecule has 2 N–H and O–H groups in total. The molecule has 0 saturated carbocycles. The number of carbonyl (C=O) groups is 4. The van der Waals surface area contributed by atoms with E-state index in [0.717, 1.165) is 14.9 Å². The van der Waals surface area contributed by atoms with E-state index in [2.05, 4.69) is 26.6 Å². The maximum absolute atomic E-state index is 13.2. The lowest BCUT2D eigenvalue weighted by Gasteiger charge is -2.26. The molecule has 0 atom stereocenters. The highest BCUT2D eigenvalue weighted by atomic mass is 79.9. The summed E-state index contributed by atoms with van der Waals surface area (Å²) in [4.78, 5) is 51.6. The lowest BCUT2D eigenvalue weighted by molar-refractivity contribution is -0.122. The van der Waals surface area contributed by atoms with Crippen LogP contribution in [-0.2, 0) is 14.4 Å². The number of para-hydroxylation sites is 1. The molecule has 1 heterocycles. The number of nitrogens with one attached hydrogen (secondary N) is 2. The monoisotopic (exact) mass is 563 g/mol. The Morgan fingerprint density at radius 2 is 1.73 bits per heavy atom. The summed E-state index contributed by atoms with van der Waals surface area (Å²) >= 11 is 3.31. The molecule has 1 saturated heterocycles. The van der Waals surface area contributed by atoms with E-state index < -0.39 is 23.8 Å². The summed E-state index contributed by atoms with van der Waals surface area (Å²) in [5.74, 6) is -1.62. The van der Waals surface area contributed by atoms with Crippen molar-refractivity contribution in [1.29, 1.82) is 0 Å². The standard InChI is InChI=1S/C27H22BrN3O6/c1-16-6-10-19(11-7-16)29-23(32)15-37-24-17(4-3-5-22(24)36-2)14-21-25(33)30-27(35)31(26(21)34)20-12-8-18(28)9-13-20/h3-14H,15H2,1-2H3,(H,29,32)(H,30,33,35)/b21-14+. The molecule has 1 aliphatic heterocycles. The molecule has 3 aromatic rings. The quantitative estimate of drug-likeness (QED) is 0.324. The van der Waals surface area contributed by atoms with Gasteiger partial charge in [0.1, 0.15) is 5.57 Å². The molecule has 0 aliphatic carbocycles. The fraction of sp³-hybridized carbons (Fsp3) is 0.111. The normalized spacial score (nSPS) is 14.4. The molecule has 3 aromatic carbocycles. The number of methoxy groups -OCH3 is 1. The fourth-order valence-corrected chi connectivity index (χ4v) is 3.84. The average molecular weight is 564 g/mol. The number of anilines is 2. The van der Waals surface area contributed by atoms with Crippen LogP contribution in [0, 0.1) is 6.92 Å². The van der Waals surface area contributed by atoms with E-state index in [0.29, 0.717) is 22.7 Å². The van der Waals surface area contributed by atoms with Crippen molar-refractivity contribution in [2.75, 3.05) is 23.9 Å². The number of carbonyl (C=O) groups excluding carboxylic acids is 4. The molecule has 0 bridgehead atoms. The van der Waals surface area contributed by atoms with Crippen molar-refractivity contribution >= 4 is 57.1 Å². The van der Waals surface area contributed by atoms with Gasteiger partial charge in [0, 0.05) is 15.7 Å². The summed E-state index contributed by atoms with van der Waals surface area (Å²) in [5.41, 5.74) is 1.99. The predicted molar refractivity (Wildman–Crippen MR) is 141 cm³/mol. The minimum absolute atomic E-state index is 0.157. The number of amides is 5. The molecule has 0 aromatic heterocycles. The summed E-state index contributed by atoms with van der Waals surface area (Å²) in [5, 5.41) is 4.92. The maximum Gasteiger partial charge on any atom is 0.335 e. The second kappa shape index (κ2) is 11.1. The molecular formula is C27H22BrN3O6. The fourth-order valence-electron chi connectivity index (χ4n) is 3.57. The van der Waals surface area contributed by atoms with E-state index in [1.807, 2.05) is 19.1 Å². The summed E-state index contributed by atoms with van der Waals surface area (Å²) < 4.78 is 11.9. The Hall–Kier alpha value is -4.44. The van der Waals surface area contributed by atoms with Crippen molar-refractivity contribution in [3.05, 3.63) is 87.9 Å². The lowest BCUT2D eigenvalue weighted by atomic mass is 10.1. The van der Waals surface area contributed by atoms with E-state index in [1.54, 1.807) is 54.6 Å². The smallest absolute Gasteiger partial charge is 0.335 e.